The molecule has 3 rings (SSSR count). The molecule has 0 radical (unpaired) electrons. The number of hydrazone groups is 1. The third-order valence-corrected chi connectivity index (χ3v) is 4.44. The van der Waals surface area contributed by atoms with Crippen LogP contribution in [0.15, 0.2) is 59.7 Å². The summed E-state index contributed by atoms with van der Waals surface area (Å²) in [5.74, 6) is 0.451. The van der Waals surface area contributed by atoms with E-state index in [0.717, 1.165) is 16.9 Å². The van der Waals surface area contributed by atoms with E-state index in [9.17, 15) is 4.79 Å². The van der Waals surface area contributed by atoms with E-state index in [1.807, 2.05) is 43.3 Å². The molecule has 0 atom stereocenters. The molecular formula is C23H26N4O2. The van der Waals surface area contributed by atoms with E-state index in [0.29, 0.717) is 18.0 Å². The van der Waals surface area contributed by atoms with Crippen molar-refractivity contribution in [1.82, 2.24) is 15.6 Å². The van der Waals surface area contributed by atoms with Crippen molar-refractivity contribution >= 4 is 12.1 Å². The minimum absolute atomic E-state index is 0.103. The van der Waals surface area contributed by atoms with Crippen LogP contribution in [0.4, 0.5) is 0 Å². The Labute approximate surface area is 171 Å². The highest BCUT2D eigenvalue weighted by Crippen LogP contribution is 2.22. The number of carbonyl (C=O) groups is 1. The van der Waals surface area contributed by atoms with Crippen molar-refractivity contribution in [3.63, 3.8) is 0 Å². The summed E-state index contributed by atoms with van der Waals surface area (Å²) < 4.78 is 5.44. The van der Waals surface area contributed by atoms with Crippen LogP contribution in [0.5, 0.6) is 5.75 Å². The smallest absolute Gasteiger partial charge is 0.289 e. The van der Waals surface area contributed by atoms with Gasteiger partial charge in [0.15, 0.2) is 0 Å². The number of aromatic amines is 1. The van der Waals surface area contributed by atoms with Gasteiger partial charge < -0.3 is 4.74 Å². The quantitative estimate of drug-likeness (QED) is 0.479. The van der Waals surface area contributed by atoms with Crippen LogP contribution in [0.25, 0.3) is 11.3 Å². The summed E-state index contributed by atoms with van der Waals surface area (Å²) in [5.41, 5.74) is 6.70. The van der Waals surface area contributed by atoms with Gasteiger partial charge in [-0.05, 0) is 53.8 Å². The molecule has 6 heteroatoms. The van der Waals surface area contributed by atoms with Gasteiger partial charge in [-0.1, -0.05) is 45.0 Å². The summed E-state index contributed by atoms with van der Waals surface area (Å²) in [6.45, 7) is 9.07. The van der Waals surface area contributed by atoms with E-state index in [1.165, 1.54) is 5.56 Å². The molecule has 0 aliphatic heterocycles. The SMILES string of the molecule is CCOc1ccc(-c2cc(C(=O)NN=Cc3ccc(C(C)(C)C)cc3)[nH]n2)cc1. The summed E-state index contributed by atoms with van der Waals surface area (Å²) in [7, 11) is 0. The molecule has 0 fully saturated rings. The van der Waals surface area contributed by atoms with E-state index in [4.69, 9.17) is 4.74 Å². The van der Waals surface area contributed by atoms with Crippen LogP contribution < -0.4 is 10.2 Å². The molecule has 2 N–H and O–H groups in total. The fourth-order valence-corrected chi connectivity index (χ4v) is 2.77. The van der Waals surface area contributed by atoms with E-state index in [1.54, 1.807) is 12.3 Å². The first kappa shape index (κ1) is 20.3. The van der Waals surface area contributed by atoms with E-state index >= 15 is 0 Å². The number of amides is 1. The monoisotopic (exact) mass is 390 g/mol. The molecule has 0 bridgehead atoms. The number of H-pyrrole nitrogens is 1. The molecule has 0 saturated heterocycles. The number of rotatable bonds is 6. The van der Waals surface area contributed by atoms with Gasteiger partial charge in [0, 0.05) is 5.56 Å². The van der Waals surface area contributed by atoms with Gasteiger partial charge in [0.25, 0.3) is 5.91 Å². The van der Waals surface area contributed by atoms with Gasteiger partial charge in [-0.3, -0.25) is 9.89 Å². The Morgan fingerprint density at radius 3 is 2.45 bits per heavy atom. The molecule has 6 nitrogen and oxygen atoms in total. The Morgan fingerprint density at radius 2 is 1.83 bits per heavy atom. The third kappa shape index (κ3) is 5.31. The zero-order valence-electron chi connectivity index (χ0n) is 17.2. The van der Waals surface area contributed by atoms with Crippen molar-refractivity contribution in [1.29, 1.82) is 0 Å². The van der Waals surface area contributed by atoms with Crippen LogP contribution >= 0.6 is 0 Å². The lowest BCUT2D eigenvalue weighted by atomic mass is 9.87. The van der Waals surface area contributed by atoms with Crippen LogP contribution in [0, 0.1) is 0 Å². The van der Waals surface area contributed by atoms with Crippen LogP contribution in [-0.2, 0) is 5.41 Å². The first-order valence-electron chi connectivity index (χ1n) is 9.59. The van der Waals surface area contributed by atoms with Crippen molar-refractivity contribution in [3.05, 3.63) is 71.4 Å². The molecule has 3 aromatic rings. The van der Waals surface area contributed by atoms with Gasteiger partial charge in [0.05, 0.1) is 18.5 Å². The number of ether oxygens (including phenoxy) is 1. The van der Waals surface area contributed by atoms with Crippen molar-refractivity contribution in [3.8, 4) is 17.0 Å². The fraction of sp³-hybridized carbons (Fsp3) is 0.261. The average Bonchev–Trinajstić information content (AvgIpc) is 3.19. The number of nitrogens with one attached hydrogen (secondary N) is 2. The lowest BCUT2D eigenvalue weighted by molar-refractivity contribution is 0.0950. The highest BCUT2D eigenvalue weighted by atomic mass is 16.5. The van der Waals surface area contributed by atoms with Gasteiger partial charge in [-0.15, -0.1) is 0 Å². The van der Waals surface area contributed by atoms with Crippen molar-refractivity contribution in [2.45, 2.75) is 33.1 Å². The standard InChI is InChI=1S/C23H26N4O2/c1-5-29-19-12-8-17(9-13-19)20-14-21(26-25-20)22(28)27-24-15-16-6-10-18(11-7-16)23(2,3)4/h6-15H,5H2,1-4H3,(H,25,26)(H,27,28). The molecular weight excluding hydrogens is 364 g/mol. The maximum atomic E-state index is 12.3. The second kappa shape index (κ2) is 8.73. The van der Waals surface area contributed by atoms with Crippen LogP contribution in [0.3, 0.4) is 0 Å². The van der Waals surface area contributed by atoms with Gasteiger partial charge in [0.1, 0.15) is 11.4 Å². The number of carbonyl (C=O) groups excluding carboxylic acids is 1. The summed E-state index contributed by atoms with van der Waals surface area (Å²) in [5, 5.41) is 11.0. The summed E-state index contributed by atoms with van der Waals surface area (Å²) in [4.78, 5) is 12.3. The molecule has 2 aromatic carbocycles. The number of benzene rings is 2. The Kier molecular flexibility index (Phi) is 6.12. The van der Waals surface area contributed by atoms with E-state index in [-0.39, 0.29) is 11.3 Å². The molecule has 0 spiro atoms. The van der Waals surface area contributed by atoms with E-state index in [2.05, 4.69) is 53.6 Å². The Balaban J connectivity index is 1.60. The molecule has 0 saturated carbocycles. The normalized spacial score (nSPS) is 11.6. The van der Waals surface area contributed by atoms with Crippen molar-refractivity contribution in [2.75, 3.05) is 6.61 Å². The third-order valence-electron chi connectivity index (χ3n) is 4.44. The summed E-state index contributed by atoms with van der Waals surface area (Å²) in [6.07, 6.45) is 1.62. The molecule has 0 unspecified atom stereocenters. The van der Waals surface area contributed by atoms with E-state index < -0.39 is 0 Å². The minimum atomic E-state index is -0.350. The molecule has 0 aliphatic rings. The molecule has 150 valence electrons. The maximum Gasteiger partial charge on any atom is 0.289 e. The fourth-order valence-electron chi connectivity index (χ4n) is 2.77. The van der Waals surface area contributed by atoms with Crippen LogP contribution in [-0.4, -0.2) is 28.9 Å². The first-order chi connectivity index (χ1) is 13.9. The Morgan fingerprint density at radius 1 is 1.14 bits per heavy atom. The molecule has 29 heavy (non-hydrogen) atoms. The lowest BCUT2D eigenvalue weighted by Gasteiger charge is -2.18. The summed E-state index contributed by atoms with van der Waals surface area (Å²) in [6, 6.07) is 17.4. The molecule has 1 aromatic heterocycles. The summed E-state index contributed by atoms with van der Waals surface area (Å²) >= 11 is 0. The second-order valence-corrected chi connectivity index (χ2v) is 7.70. The predicted molar refractivity (Wildman–Crippen MR) is 115 cm³/mol. The molecule has 0 aliphatic carbocycles. The topological polar surface area (TPSA) is 79.4 Å². The predicted octanol–water partition coefficient (Wildman–Crippen LogP) is 4.54. The Hall–Kier alpha value is -3.41. The molecule has 1 amide bonds. The Bertz CT molecular complexity index is 981. The molecule has 1 heterocycles. The number of nitrogens with zero attached hydrogens (tertiary/aromatic N) is 2. The van der Waals surface area contributed by atoms with Crippen molar-refractivity contribution in [2.24, 2.45) is 5.10 Å². The van der Waals surface area contributed by atoms with Gasteiger partial charge >= 0.3 is 0 Å². The lowest BCUT2D eigenvalue weighted by Crippen LogP contribution is -2.18. The largest absolute Gasteiger partial charge is 0.494 e. The van der Waals surface area contributed by atoms with Crippen LogP contribution in [0.2, 0.25) is 0 Å². The first-order valence-corrected chi connectivity index (χ1v) is 9.59. The number of aromatic nitrogens is 2. The minimum Gasteiger partial charge on any atom is -0.494 e. The van der Waals surface area contributed by atoms with Crippen molar-refractivity contribution < 1.29 is 9.53 Å². The van der Waals surface area contributed by atoms with Gasteiger partial charge in [-0.25, -0.2) is 5.43 Å². The second-order valence-electron chi connectivity index (χ2n) is 7.70. The highest BCUT2D eigenvalue weighted by molar-refractivity contribution is 5.94. The number of hydrogen-bond acceptors (Lipinski definition) is 4. The van der Waals surface area contributed by atoms with Gasteiger partial charge in [0.2, 0.25) is 0 Å². The number of hydrogen-bond donors (Lipinski definition) is 2. The zero-order valence-corrected chi connectivity index (χ0v) is 17.2. The maximum absolute atomic E-state index is 12.3. The average molecular weight is 390 g/mol. The van der Waals surface area contributed by atoms with Gasteiger partial charge in [-0.2, -0.15) is 10.2 Å². The van der Waals surface area contributed by atoms with Crippen LogP contribution in [0.1, 0.15) is 49.3 Å². The highest BCUT2D eigenvalue weighted by Gasteiger charge is 2.13. The zero-order chi connectivity index (χ0) is 20.9.